The Hall–Kier alpha value is -1.48. The smallest absolute Gasteiger partial charge is 0.0620 e. The molecule has 2 nitrogen and oxygen atoms in total. The van der Waals surface area contributed by atoms with E-state index in [-0.39, 0.29) is 17.6 Å². The zero-order valence-electron chi connectivity index (χ0n) is 12.6. The molecule has 0 aromatic rings. The van der Waals surface area contributed by atoms with E-state index >= 15 is 0 Å². The fraction of sp³-hybridized carbons (Fsp3) is 0.579. The number of aliphatic hydroxyl groups excluding tert-OH is 1. The van der Waals surface area contributed by atoms with E-state index in [1.54, 1.807) is 12.2 Å². The Morgan fingerprint density at radius 1 is 1.14 bits per heavy atom. The van der Waals surface area contributed by atoms with E-state index in [4.69, 9.17) is 12.8 Å². The molecule has 0 aromatic heterocycles. The first-order chi connectivity index (χ1) is 10.2. The molecule has 112 valence electrons. The number of hydrogen-bond donors (Lipinski definition) is 2. The SMILES string of the molecule is C#C/C=C\C[C@@H]1CCC[C@]2(CCC[C@H](O)[C@H]2/C=C/C#C)N1. The Kier molecular flexibility index (Phi) is 5.68. The maximum Gasteiger partial charge on any atom is 0.0620 e. The summed E-state index contributed by atoms with van der Waals surface area (Å²) in [6.45, 7) is 0. The Labute approximate surface area is 128 Å². The molecule has 1 aliphatic carbocycles. The topological polar surface area (TPSA) is 32.3 Å². The molecular weight excluding hydrogens is 258 g/mol. The summed E-state index contributed by atoms with van der Waals surface area (Å²) in [5.41, 5.74) is -0.00207. The highest BCUT2D eigenvalue weighted by atomic mass is 16.3. The number of terminal acetylenes is 2. The van der Waals surface area contributed by atoms with Crippen LogP contribution in [0.3, 0.4) is 0 Å². The Balaban J connectivity index is 2.13. The van der Waals surface area contributed by atoms with Crippen molar-refractivity contribution < 1.29 is 5.11 Å². The van der Waals surface area contributed by atoms with Gasteiger partial charge in [0.25, 0.3) is 0 Å². The van der Waals surface area contributed by atoms with E-state index in [9.17, 15) is 5.11 Å². The van der Waals surface area contributed by atoms with Gasteiger partial charge in [-0.15, -0.1) is 12.8 Å². The van der Waals surface area contributed by atoms with E-state index in [0.29, 0.717) is 6.04 Å². The second-order valence-electron chi connectivity index (χ2n) is 6.21. The molecule has 1 saturated carbocycles. The van der Waals surface area contributed by atoms with Crippen LogP contribution in [-0.2, 0) is 0 Å². The first-order valence-electron chi connectivity index (χ1n) is 7.91. The molecule has 0 aromatic carbocycles. The lowest BCUT2D eigenvalue weighted by molar-refractivity contribution is 0.00394. The molecule has 2 fully saturated rings. The third-order valence-electron chi connectivity index (χ3n) is 4.88. The lowest BCUT2D eigenvalue weighted by Crippen LogP contribution is -2.61. The van der Waals surface area contributed by atoms with Crippen LogP contribution in [0.2, 0.25) is 0 Å². The number of rotatable bonds is 3. The minimum absolute atomic E-state index is 0.00207. The number of aliphatic hydroxyl groups is 1. The minimum Gasteiger partial charge on any atom is -0.392 e. The van der Waals surface area contributed by atoms with E-state index in [1.807, 2.05) is 6.08 Å². The van der Waals surface area contributed by atoms with Gasteiger partial charge in [-0.2, -0.15) is 0 Å². The average Bonchev–Trinajstić information content (AvgIpc) is 2.47. The second kappa shape index (κ2) is 7.51. The molecule has 4 atom stereocenters. The first kappa shape index (κ1) is 15.9. The van der Waals surface area contributed by atoms with Crippen molar-refractivity contribution in [1.29, 1.82) is 0 Å². The Morgan fingerprint density at radius 3 is 2.57 bits per heavy atom. The molecule has 1 aliphatic heterocycles. The number of hydrogen-bond acceptors (Lipinski definition) is 2. The summed E-state index contributed by atoms with van der Waals surface area (Å²) in [6, 6.07) is 0.440. The second-order valence-corrected chi connectivity index (χ2v) is 6.21. The van der Waals surface area contributed by atoms with Crippen molar-refractivity contribution in [2.24, 2.45) is 5.92 Å². The van der Waals surface area contributed by atoms with Gasteiger partial charge in [0, 0.05) is 17.5 Å². The third kappa shape index (κ3) is 3.79. The zero-order chi connectivity index (χ0) is 15.1. The van der Waals surface area contributed by atoms with Gasteiger partial charge in [0.05, 0.1) is 6.10 Å². The monoisotopic (exact) mass is 283 g/mol. The Morgan fingerprint density at radius 2 is 1.86 bits per heavy atom. The summed E-state index contributed by atoms with van der Waals surface area (Å²) < 4.78 is 0. The zero-order valence-corrected chi connectivity index (χ0v) is 12.6. The average molecular weight is 283 g/mol. The molecule has 0 bridgehead atoms. The summed E-state index contributed by atoms with van der Waals surface area (Å²) >= 11 is 0. The van der Waals surface area contributed by atoms with E-state index in [2.05, 4.69) is 23.2 Å². The normalized spacial score (nSPS) is 36.8. The molecule has 1 heterocycles. The van der Waals surface area contributed by atoms with Crippen LogP contribution < -0.4 is 5.32 Å². The standard InChI is InChI=1S/C19H25NO/c1-3-5-7-10-16-11-8-14-19(20-16)15-9-13-18(21)17(19)12-6-4-2/h1-2,5-7,12,16-18,20-21H,8-11,13-15H2/b7-5-,12-6+/t16-,17-,18+,19-/m1/s1. The maximum absolute atomic E-state index is 10.4. The van der Waals surface area contributed by atoms with Crippen molar-refractivity contribution in [3.8, 4) is 24.7 Å². The van der Waals surface area contributed by atoms with Crippen LogP contribution in [-0.4, -0.2) is 22.8 Å². The van der Waals surface area contributed by atoms with Crippen molar-refractivity contribution in [2.45, 2.75) is 62.6 Å². The van der Waals surface area contributed by atoms with Crippen molar-refractivity contribution in [1.82, 2.24) is 5.32 Å². The first-order valence-corrected chi connectivity index (χ1v) is 7.91. The van der Waals surface area contributed by atoms with Crippen LogP contribution in [0.1, 0.15) is 44.9 Å². The predicted molar refractivity (Wildman–Crippen MR) is 87.4 cm³/mol. The highest BCUT2D eigenvalue weighted by Gasteiger charge is 2.45. The summed E-state index contributed by atoms with van der Waals surface area (Å²) in [5, 5.41) is 14.2. The molecule has 0 radical (unpaired) electrons. The highest BCUT2D eigenvalue weighted by molar-refractivity contribution is 5.18. The van der Waals surface area contributed by atoms with Gasteiger partial charge in [0.2, 0.25) is 0 Å². The summed E-state index contributed by atoms with van der Waals surface area (Å²) in [7, 11) is 0. The molecule has 21 heavy (non-hydrogen) atoms. The number of nitrogens with one attached hydrogen (secondary N) is 1. The molecular formula is C19H25NO. The third-order valence-corrected chi connectivity index (χ3v) is 4.88. The molecule has 2 heteroatoms. The summed E-state index contributed by atoms with van der Waals surface area (Å²) in [4.78, 5) is 0. The molecule has 2 N–H and O–H groups in total. The maximum atomic E-state index is 10.4. The number of allylic oxidation sites excluding steroid dienone is 2. The lowest BCUT2D eigenvalue weighted by Gasteiger charge is -2.51. The van der Waals surface area contributed by atoms with Crippen LogP contribution in [0.25, 0.3) is 0 Å². The molecule has 1 spiro atoms. The van der Waals surface area contributed by atoms with Crippen molar-refractivity contribution >= 4 is 0 Å². The van der Waals surface area contributed by atoms with Gasteiger partial charge in [-0.25, -0.2) is 0 Å². The van der Waals surface area contributed by atoms with Gasteiger partial charge in [-0.3, -0.25) is 0 Å². The number of piperidine rings is 1. The van der Waals surface area contributed by atoms with Gasteiger partial charge >= 0.3 is 0 Å². The Bertz CT molecular complexity index is 475. The largest absolute Gasteiger partial charge is 0.392 e. The summed E-state index contributed by atoms with van der Waals surface area (Å²) in [5.74, 6) is 5.21. The van der Waals surface area contributed by atoms with Gasteiger partial charge in [0.15, 0.2) is 0 Å². The van der Waals surface area contributed by atoms with E-state index < -0.39 is 0 Å². The fourth-order valence-corrected chi connectivity index (χ4v) is 3.96. The molecule has 2 aliphatic rings. The highest BCUT2D eigenvalue weighted by Crippen LogP contribution is 2.41. The molecule has 0 unspecified atom stereocenters. The van der Waals surface area contributed by atoms with Gasteiger partial charge in [0.1, 0.15) is 0 Å². The van der Waals surface area contributed by atoms with Gasteiger partial charge < -0.3 is 10.4 Å². The van der Waals surface area contributed by atoms with E-state index in [0.717, 1.165) is 32.1 Å². The summed E-state index contributed by atoms with van der Waals surface area (Å²) in [6.07, 6.45) is 25.4. The van der Waals surface area contributed by atoms with Crippen LogP contribution in [0.15, 0.2) is 24.3 Å². The molecule has 0 amide bonds. The van der Waals surface area contributed by atoms with Crippen LogP contribution in [0.4, 0.5) is 0 Å². The lowest BCUT2D eigenvalue weighted by atomic mass is 9.66. The molecule has 2 rings (SSSR count). The molecule has 1 saturated heterocycles. The van der Waals surface area contributed by atoms with Crippen molar-refractivity contribution in [3.05, 3.63) is 24.3 Å². The quantitative estimate of drug-likeness (QED) is 0.781. The van der Waals surface area contributed by atoms with Crippen molar-refractivity contribution in [2.75, 3.05) is 0 Å². The fourth-order valence-electron chi connectivity index (χ4n) is 3.96. The van der Waals surface area contributed by atoms with Gasteiger partial charge in [-0.1, -0.05) is 30.4 Å². The van der Waals surface area contributed by atoms with Crippen molar-refractivity contribution in [3.63, 3.8) is 0 Å². The van der Waals surface area contributed by atoms with Crippen LogP contribution in [0, 0.1) is 30.6 Å². The van der Waals surface area contributed by atoms with E-state index in [1.165, 1.54) is 12.8 Å². The van der Waals surface area contributed by atoms with Crippen LogP contribution in [0.5, 0.6) is 0 Å². The minimum atomic E-state index is -0.296. The van der Waals surface area contributed by atoms with Gasteiger partial charge in [-0.05, 0) is 50.7 Å². The predicted octanol–water partition coefficient (Wildman–Crippen LogP) is 2.80. The van der Waals surface area contributed by atoms with Crippen LogP contribution >= 0.6 is 0 Å².